The summed E-state index contributed by atoms with van der Waals surface area (Å²) in [5.41, 5.74) is -0.230. The molecule has 1 fully saturated rings. The van der Waals surface area contributed by atoms with Crippen LogP contribution < -0.4 is 5.32 Å². The molecular formula is C17H20ClNOS. The van der Waals surface area contributed by atoms with Gasteiger partial charge >= 0.3 is 0 Å². The van der Waals surface area contributed by atoms with Gasteiger partial charge in [0.1, 0.15) is 0 Å². The monoisotopic (exact) mass is 321 g/mol. The van der Waals surface area contributed by atoms with Crippen LogP contribution in [0, 0.1) is 5.92 Å². The van der Waals surface area contributed by atoms with Crippen LogP contribution in [0.1, 0.15) is 42.3 Å². The molecule has 21 heavy (non-hydrogen) atoms. The Bertz CT molecular complexity index is 620. The van der Waals surface area contributed by atoms with Crippen LogP contribution in [0.4, 0.5) is 0 Å². The number of carbonyl (C=O) groups is 1. The van der Waals surface area contributed by atoms with E-state index in [9.17, 15) is 4.79 Å². The molecular weight excluding hydrogens is 302 g/mol. The number of fused-ring (bicyclic) bond motifs is 1. The van der Waals surface area contributed by atoms with Gasteiger partial charge in [0.25, 0.3) is 5.91 Å². The number of thiophene rings is 1. The highest BCUT2D eigenvalue weighted by Gasteiger charge is 2.36. The number of hydrogen-bond acceptors (Lipinski definition) is 2. The molecule has 2 aromatic rings. The summed E-state index contributed by atoms with van der Waals surface area (Å²) in [5, 5.41) is 4.36. The van der Waals surface area contributed by atoms with E-state index in [4.69, 9.17) is 11.6 Å². The Morgan fingerprint density at radius 2 is 2.29 bits per heavy atom. The summed E-state index contributed by atoms with van der Waals surface area (Å²) in [6, 6.07) is 10.1. The van der Waals surface area contributed by atoms with Gasteiger partial charge in [-0.15, -0.1) is 22.9 Å². The zero-order chi connectivity index (χ0) is 14.9. The summed E-state index contributed by atoms with van der Waals surface area (Å²) < 4.78 is 1.15. The molecule has 1 aliphatic carbocycles. The third-order valence-electron chi connectivity index (χ3n) is 4.38. The highest BCUT2D eigenvalue weighted by molar-refractivity contribution is 7.20. The van der Waals surface area contributed by atoms with Crippen molar-refractivity contribution in [3.63, 3.8) is 0 Å². The lowest BCUT2D eigenvalue weighted by molar-refractivity contribution is 0.0871. The largest absolute Gasteiger partial charge is 0.345 e. The predicted molar refractivity (Wildman–Crippen MR) is 90.4 cm³/mol. The van der Waals surface area contributed by atoms with E-state index in [-0.39, 0.29) is 11.4 Å². The maximum Gasteiger partial charge on any atom is 0.261 e. The standard InChI is InChI=1S/C17H20ClNOS/c1-12-5-4-8-17(10-12,11-18)19-16(20)15-9-13-6-2-3-7-14(13)21-15/h2-3,6-7,9,12H,4-5,8,10-11H2,1H3,(H,19,20). The molecule has 1 aliphatic rings. The van der Waals surface area contributed by atoms with Gasteiger partial charge in [-0.1, -0.05) is 38.0 Å². The van der Waals surface area contributed by atoms with Gasteiger partial charge in [0.15, 0.2) is 0 Å². The SMILES string of the molecule is CC1CCCC(CCl)(NC(=O)c2cc3ccccc3s2)C1. The number of amides is 1. The van der Waals surface area contributed by atoms with Crippen molar-refractivity contribution in [3.8, 4) is 0 Å². The number of alkyl halides is 1. The fourth-order valence-corrected chi connectivity index (χ4v) is 4.59. The Kier molecular flexibility index (Phi) is 4.23. The molecule has 1 amide bonds. The summed E-state index contributed by atoms with van der Waals surface area (Å²) >= 11 is 7.75. The first kappa shape index (κ1) is 14.9. The summed E-state index contributed by atoms with van der Waals surface area (Å²) in [4.78, 5) is 13.4. The van der Waals surface area contributed by atoms with Crippen molar-refractivity contribution in [3.05, 3.63) is 35.2 Å². The van der Waals surface area contributed by atoms with Crippen molar-refractivity contribution in [2.24, 2.45) is 5.92 Å². The van der Waals surface area contributed by atoms with Gasteiger partial charge < -0.3 is 5.32 Å². The molecule has 0 bridgehead atoms. The van der Waals surface area contributed by atoms with Crippen molar-refractivity contribution in [2.75, 3.05) is 5.88 Å². The molecule has 2 unspecified atom stereocenters. The third kappa shape index (κ3) is 3.09. The van der Waals surface area contributed by atoms with Crippen LogP contribution in [0.15, 0.2) is 30.3 Å². The zero-order valence-corrected chi connectivity index (χ0v) is 13.8. The molecule has 2 nitrogen and oxygen atoms in total. The van der Waals surface area contributed by atoms with Crippen molar-refractivity contribution in [1.82, 2.24) is 5.32 Å². The Morgan fingerprint density at radius 3 is 3.00 bits per heavy atom. The lowest BCUT2D eigenvalue weighted by atomic mass is 9.77. The van der Waals surface area contributed by atoms with E-state index >= 15 is 0 Å². The quantitative estimate of drug-likeness (QED) is 0.807. The Balaban J connectivity index is 1.81. The molecule has 0 saturated heterocycles. The molecule has 2 atom stereocenters. The third-order valence-corrected chi connectivity index (χ3v) is 6.00. The second-order valence-corrected chi connectivity index (χ2v) is 7.57. The normalized spacial score (nSPS) is 25.9. The van der Waals surface area contributed by atoms with E-state index in [2.05, 4.69) is 18.3 Å². The van der Waals surface area contributed by atoms with Gasteiger partial charge in [0, 0.05) is 10.6 Å². The Morgan fingerprint density at radius 1 is 1.48 bits per heavy atom. The number of nitrogens with one attached hydrogen (secondary N) is 1. The highest BCUT2D eigenvalue weighted by Crippen LogP contribution is 2.34. The number of rotatable bonds is 3. The summed E-state index contributed by atoms with van der Waals surface area (Å²) in [6.45, 7) is 2.24. The van der Waals surface area contributed by atoms with Gasteiger partial charge in [0.2, 0.25) is 0 Å². The second kappa shape index (κ2) is 5.98. The van der Waals surface area contributed by atoms with Crippen LogP contribution in [-0.2, 0) is 0 Å². The Hall–Kier alpha value is -1.06. The van der Waals surface area contributed by atoms with E-state index in [0.29, 0.717) is 11.8 Å². The summed E-state index contributed by atoms with van der Waals surface area (Å²) in [7, 11) is 0. The van der Waals surface area contributed by atoms with Crippen LogP contribution in [0.25, 0.3) is 10.1 Å². The molecule has 4 heteroatoms. The van der Waals surface area contributed by atoms with E-state index in [1.165, 1.54) is 6.42 Å². The van der Waals surface area contributed by atoms with Crippen LogP contribution >= 0.6 is 22.9 Å². The number of hydrogen-bond donors (Lipinski definition) is 1. The van der Waals surface area contributed by atoms with Crippen molar-refractivity contribution >= 4 is 38.9 Å². The van der Waals surface area contributed by atoms with Gasteiger partial charge in [-0.3, -0.25) is 4.79 Å². The van der Waals surface area contributed by atoms with Crippen molar-refractivity contribution < 1.29 is 4.79 Å². The topological polar surface area (TPSA) is 29.1 Å². The lowest BCUT2D eigenvalue weighted by Gasteiger charge is -2.39. The minimum absolute atomic E-state index is 0.0194. The van der Waals surface area contributed by atoms with Gasteiger partial charge in [0.05, 0.1) is 10.4 Å². The van der Waals surface area contributed by atoms with Crippen LogP contribution in [0.2, 0.25) is 0 Å². The van der Waals surface area contributed by atoms with E-state index < -0.39 is 0 Å². The average molecular weight is 322 g/mol. The minimum Gasteiger partial charge on any atom is -0.345 e. The van der Waals surface area contributed by atoms with E-state index in [0.717, 1.165) is 34.2 Å². The summed E-state index contributed by atoms with van der Waals surface area (Å²) in [5.74, 6) is 1.14. The van der Waals surface area contributed by atoms with Crippen molar-refractivity contribution in [1.29, 1.82) is 0 Å². The zero-order valence-electron chi connectivity index (χ0n) is 12.2. The van der Waals surface area contributed by atoms with Gasteiger partial charge in [-0.2, -0.15) is 0 Å². The first-order valence-electron chi connectivity index (χ1n) is 7.49. The molecule has 0 radical (unpaired) electrons. The predicted octanol–water partition coefficient (Wildman–Crippen LogP) is 4.82. The van der Waals surface area contributed by atoms with E-state index in [1.807, 2.05) is 24.3 Å². The second-order valence-electron chi connectivity index (χ2n) is 6.22. The molecule has 1 saturated carbocycles. The number of halogens is 1. The average Bonchev–Trinajstić information content (AvgIpc) is 2.91. The lowest BCUT2D eigenvalue weighted by Crippen LogP contribution is -2.52. The van der Waals surface area contributed by atoms with Crippen molar-refractivity contribution in [2.45, 2.75) is 38.1 Å². The molecule has 112 valence electrons. The smallest absolute Gasteiger partial charge is 0.261 e. The fourth-order valence-electron chi connectivity index (χ4n) is 3.32. The molecule has 1 N–H and O–H groups in total. The fraction of sp³-hybridized carbons (Fsp3) is 0.471. The number of benzene rings is 1. The van der Waals surface area contributed by atoms with Gasteiger partial charge in [-0.25, -0.2) is 0 Å². The van der Waals surface area contributed by atoms with Gasteiger partial charge in [-0.05, 0) is 36.3 Å². The first-order chi connectivity index (χ1) is 10.1. The minimum atomic E-state index is -0.230. The van der Waals surface area contributed by atoms with E-state index in [1.54, 1.807) is 11.3 Å². The molecule has 1 aromatic heterocycles. The van der Waals surface area contributed by atoms with Crippen LogP contribution in [-0.4, -0.2) is 17.3 Å². The molecule has 0 spiro atoms. The van der Waals surface area contributed by atoms with Crippen LogP contribution in [0.5, 0.6) is 0 Å². The summed E-state index contributed by atoms with van der Waals surface area (Å²) in [6.07, 6.45) is 4.34. The maximum absolute atomic E-state index is 12.6. The maximum atomic E-state index is 12.6. The molecule has 3 rings (SSSR count). The molecule has 0 aliphatic heterocycles. The molecule has 1 heterocycles. The highest BCUT2D eigenvalue weighted by atomic mass is 35.5. The first-order valence-corrected chi connectivity index (χ1v) is 8.84. The molecule has 1 aromatic carbocycles. The number of carbonyl (C=O) groups excluding carboxylic acids is 1. The Labute approximate surface area is 134 Å². The van der Waals surface area contributed by atoms with Crippen LogP contribution in [0.3, 0.4) is 0 Å².